The summed E-state index contributed by atoms with van der Waals surface area (Å²) < 4.78 is 0. The number of hydrazine groups is 1. The molecule has 0 spiro atoms. The van der Waals surface area contributed by atoms with Crippen LogP contribution in [0.1, 0.15) is 13.3 Å². The van der Waals surface area contributed by atoms with Crippen LogP contribution in [0, 0.1) is 0 Å². The average Bonchev–Trinajstić information content (AvgIpc) is 2.14. The van der Waals surface area contributed by atoms with Crippen molar-refractivity contribution in [3.05, 3.63) is 0 Å². The lowest BCUT2D eigenvalue weighted by atomic mass is 10.4. The zero-order valence-electron chi connectivity index (χ0n) is 5.26. The van der Waals surface area contributed by atoms with Gasteiger partial charge in [0.25, 0.3) is 0 Å². The number of aliphatic imine (C=N–C) groups is 1. The van der Waals surface area contributed by atoms with Crippen LogP contribution < -0.4 is 5.43 Å². The van der Waals surface area contributed by atoms with E-state index in [-0.39, 0.29) is 0 Å². The van der Waals surface area contributed by atoms with Crippen molar-refractivity contribution in [2.45, 2.75) is 19.5 Å². The Labute approximate surface area is 49.4 Å². The van der Waals surface area contributed by atoms with Crippen LogP contribution >= 0.6 is 0 Å². The van der Waals surface area contributed by atoms with E-state index in [0.717, 1.165) is 6.42 Å². The molecule has 0 aromatic rings. The summed E-state index contributed by atoms with van der Waals surface area (Å²) >= 11 is 0. The number of nitrogens with zero attached hydrogens (tertiary/aromatic N) is 2. The molecule has 0 aromatic heterocycles. The Balaban J connectivity index is 2.41. The third-order valence-corrected chi connectivity index (χ3v) is 1.32. The van der Waals surface area contributed by atoms with Gasteiger partial charge in [0.2, 0.25) is 0 Å². The highest BCUT2D eigenvalue weighted by atomic mass is 15.6. The lowest BCUT2D eigenvalue weighted by Crippen LogP contribution is -2.33. The van der Waals surface area contributed by atoms with E-state index in [0.29, 0.717) is 6.17 Å². The van der Waals surface area contributed by atoms with Gasteiger partial charge in [0, 0.05) is 7.05 Å². The van der Waals surface area contributed by atoms with Gasteiger partial charge in [-0.1, -0.05) is 6.92 Å². The third kappa shape index (κ3) is 0.816. The van der Waals surface area contributed by atoms with Crippen LogP contribution in [-0.2, 0) is 0 Å². The van der Waals surface area contributed by atoms with Gasteiger partial charge < -0.3 is 5.43 Å². The Hall–Kier alpha value is -0.570. The molecule has 1 aliphatic rings. The van der Waals surface area contributed by atoms with Gasteiger partial charge in [0.1, 0.15) is 6.17 Å². The Bertz CT molecular complexity index is 99.8. The van der Waals surface area contributed by atoms with Crippen LogP contribution in [0.2, 0.25) is 0 Å². The van der Waals surface area contributed by atoms with Gasteiger partial charge in [0.05, 0.1) is 6.34 Å². The highest BCUT2D eigenvalue weighted by Crippen LogP contribution is 2.01. The molecule has 0 aromatic carbocycles. The molecule has 3 heteroatoms. The summed E-state index contributed by atoms with van der Waals surface area (Å²) in [7, 11) is 1.99. The standard InChI is InChI=1S/C5H11N3/c1-3-5-6-4-7-8(5)2/h4-5H,3H2,1-2H3,(H,6,7). The molecule has 0 radical (unpaired) electrons. The molecule has 0 fully saturated rings. The minimum absolute atomic E-state index is 0.356. The maximum absolute atomic E-state index is 4.12. The smallest absolute Gasteiger partial charge is 0.120 e. The van der Waals surface area contributed by atoms with Crippen molar-refractivity contribution >= 4 is 6.34 Å². The van der Waals surface area contributed by atoms with Gasteiger partial charge >= 0.3 is 0 Å². The maximum Gasteiger partial charge on any atom is 0.120 e. The van der Waals surface area contributed by atoms with Crippen LogP contribution in [0.4, 0.5) is 0 Å². The van der Waals surface area contributed by atoms with Crippen LogP contribution in [-0.4, -0.2) is 24.6 Å². The molecule has 1 heterocycles. The number of rotatable bonds is 1. The van der Waals surface area contributed by atoms with Crippen molar-refractivity contribution in [2.24, 2.45) is 4.99 Å². The Morgan fingerprint density at radius 3 is 2.88 bits per heavy atom. The van der Waals surface area contributed by atoms with E-state index < -0.39 is 0 Å². The second-order valence-electron chi connectivity index (χ2n) is 1.91. The second-order valence-corrected chi connectivity index (χ2v) is 1.91. The molecular weight excluding hydrogens is 102 g/mol. The summed E-state index contributed by atoms with van der Waals surface area (Å²) in [6.45, 7) is 2.12. The number of hydrogen-bond acceptors (Lipinski definition) is 3. The predicted octanol–water partition coefficient (Wildman–Crippen LogP) is 0.201. The SMILES string of the molecule is CCC1N=CNN1C. The van der Waals surface area contributed by atoms with E-state index in [1.165, 1.54) is 0 Å². The van der Waals surface area contributed by atoms with Gasteiger partial charge in [0.15, 0.2) is 0 Å². The first kappa shape index (κ1) is 5.56. The molecule has 0 bridgehead atoms. The summed E-state index contributed by atoms with van der Waals surface area (Å²) in [5, 5.41) is 1.99. The molecule has 0 saturated heterocycles. The molecule has 1 unspecified atom stereocenters. The number of hydrogen-bond donors (Lipinski definition) is 1. The van der Waals surface area contributed by atoms with Crippen molar-refractivity contribution in [3.63, 3.8) is 0 Å². The summed E-state index contributed by atoms with van der Waals surface area (Å²) in [5.74, 6) is 0. The van der Waals surface area contributed by atoms with Gasteiger partial charge in [-0.15, -0.1) is 0 Å². The Morgan fingerprint density at radius 1 is 1.88 bits per heavy atom. The molecule has 0 amide bonds. The third-order valence-electron chi connectivity index (χ3n) is 1.32. The molecule has 1 aliphatic heterocycles. The minimum Gasteiger partial charge on any atom is -0.308 e. The van der Waals surface area contributed by atoms with E-state index in [4.69, 9.17) is 0 Å². The van der Waals surface area contributed by atoms with Crippen LogP contribution in [0.3, 0.4) is 0 Å². The van der Waals surface area contributed by atoms with Crippen molar-refractivity contribution < 1.29 is 0 Å². The van der Waals surface area contributed by atoms with Crippen molar-refractivity contribution in [2.75, 3.05) is 7.05 Å². The Morgan fingerprint density at radius 2 is 2.62 bits per heavy atom. The molecule has 46 valence electrons. The molecule has 8 heavy (non-hydrogen) atoms. The maximum atomic E-state index is 4.12. The predicted molar refractivity (Wildman–Crippen MR) is 33.5 cm³/mol. The van der Waals surface area contributed by atoms with Gasteiger partial charge in [-0.25, -0.2) is 5.01 Å². The van der Waals surface area contributed by atoms with E-state index in [1.54, 1.807) is 6.34 Å². The lowest BCUT2D eigenvalue weighted by molar-refractivity contribution is 0.235. The first-order chi connectivity index (χ1) is 3.84. The van der Waals surface area contributed by atoms with E-state index in [2.05, 4.69) is 17.3 Å². The highest BCUT2D eigenvalue weighted by Gasteiger charge is 2.12. The summed E-state index contributed by atoms with van der Waals surface area (Å²) in [5.41, 5.74) is 2.96. The van der Waals surface area contributed by atoms with Crippen molar-refractivity contribution in [1.82, 2.24) is 10.4 Å². The monoisotopic (exact) mass is 113 g/mol. The summed E-state index contributed by atoms with van der Waals surface area (Å²) in [6.07, 6.45) is 3.16. The molecule has 1 N–H and O–H groups in total. The van der Waals surface area contributed by atoms with Crippen LogP contribution in [0.15, 0.2) is 4.99 Å². The Kier molecular flexibility index (Phi) is 1.48. The van der Waals surface area contributed by atoms with E-state index in [1.807, 2.05) is 12.1 Å². The van der Waals surface area contributed by atoms with Gasteiger partial charge in [-0.05, 0) is 6.42 Å². The van der Waals surface area contributed by atoms with Gasteiger partial charge in [-0.2, -0.15) is 0 Å². The van der Waals surface area contributed by atoms with Crippen LogP contribution in [0.5, 0.6) is 0 Å². The molecule has 1 rings (SSSR count). The van der Waals surface area contributed by atoms with E-state index in [9.17, 15) is 0 Å². The molecular formula is C5H11N3. The highest BCUT2D eigenvalue weighted by molar-refractivity contribution is 5.55. The molecule has 1 atom stereocenters. The molecule has 3 nitrogen and oxygen atoms in total. The number of nitrogens with one attached hydrogen (secondary N) is 1. The fraction of sp³-hybridized carbons (Fsp3) is 0.800. The summed E-state index contributed by atoms with van der Waals surface area (Å²) in [4.78, 5) is 4.12. The molecule has 0 aliphatic carbocycles. The fourth-order valence-corrected chi connectivity index (χ4v) is 0.776. The quantitative estimate of drug-likeness (QED) is 0.526. The minimum atomic E-state index is 0.356. The van der Waals surface area contributed by atoms with Crippen LogP contribution in [0.25, 0.3) is 0 Å². The van der Waals surface area contributed by atoms with Gasteiger partial charge in [-0.3, -0.25) is 4.99 Å². The molecule has 0 saturated carbocycles. The zero-order valence-corrected chi connectivity index (χ0v) is 5.26. The van der Waals surface area contributed by atoms with E-state index >= 15 is 0 Å². The first-order valence-electron chi connectivity index (χ1n) is 2.85. The normalized spacial score (nSPS) is 28.5. The average molecular weight is 113 g/mol. The topological polar surface area (TPSA) is 27.6 Å². The fourth-order valence-electron chi connectivity index (χ4n) is 0.776. The lowest BCUT2D eigenvalue weighted by Gasteiger charge is -2.14. The summed E-state index contributed by atoms with van der Waals surface area (Å²) in [6, 6.07) is 0. The first-order valence-corrected chi connectivity index (χ1v) is 2.85. The largest absolute Gasteiger partial charge is 0.308 e. The van der Waals surface area contributed by atoms with Crippen molar-refractivity contribution in [3.8, 4) is 0 Å². The second kappa shape index (κ2) is 2.13. The van der Waals surface area contributed by atoms with Crippen molar-refractivity contribution in [1.29, 1.82) is 0 Å². The zero-order chi connectivity index (χ0) is 5.98.